The average Bonchev–Trinajstić information content (AvgIpc) is 2.62. The Morgan fingerprint density at radius 2 is 1.61 bits per heavy atom. The molecule has 0 spiro atoms. The molecule has 1 saturated carbocycles. The number of carbonyl (C=O) groups excluding carboxylic acids is 1. The molecular weight excluding hydrogens is 286 g/mol. The highest BCUT2D eigenvalue weighted by Gasteiger charge is 2.14. The standard InChI is InChI=1S/C19H29N3O/c23-19(15-20-16-7-3-1-4-8-16)21-17-9-11-18(12-10-17)22-13-5-2-6-14-22/h9-12,16,20H,1-8,13-15H2,(H,21,23). The Kier molecular flexibility index (Phi) is 5.92. The van der Waals surface area contributed by atoms with Crippen molar-refractivity contribution in [3.05, 3.63) is 24.3 Å². The minimum atomic E-state index is 0.0568. The molecule has 3 rings (SSSR count). The Hall–Kier alpha value is -1.55. The Labute approximate surface area is 139 Å². The third-order valence-electron chi connectivity index (χ3n) is 5.03. The van der Waals surface area contributed by atoms with Crippen LogP contribution in [0.15, 0.2) is 24.3 Å². The van der Waals surface area contributed by atoms with Crippen LogP contribution in [-0.2, 0) is 4.79 Å². The molecular formula is C19H29N3O. The van der Waals surface area contributed by atoms with Gasteiger partial charge in [-0.15, -0.1) is 0 Å². The predicted molar refractivity (Wildman–Crippen MR) is 96.0 cm³/mol. The molecule has 2 fully saturated rings. The lowest BCUT2D eigenvalue weighted by Crippen LogP contribution is -2.37. The zero-order valence-corrected chi connectivity index (χ0v) is 14.0. The smallest absolute Gasteiger partial charge is 0.238 e. The number of amides is 1. The van der Waals surface area contributed by atoms with Crippen LogP contribution in [0.3, 0.4) is 0 Å². The van der Waals surface area contributed by atoms with E-state index in [1.54, 1.807) is 0 Å². The van der Waals surface area contributed by atoms with E-state index in [9.17, 15) is 4.79 Å². The van der Waals surface area contributed by atoms with Gasteiger partial charge < -0.3 is 15.5 Å². The predicted octanol–water partition coefficient (Wildman–Crippen LogP) is 3.54. The van der Waals surface area contributed by atoms with Crippen LogP contribution in [0.4, 0.5) is 11.4 Å². The van der Waals surface area contributed by atoms with Crippen LogP contribution < -0.4 is 15.5 Å². The number of anilines is 2. The fourth-order valence-corrected chi connectivity index (χ4v) is 3.66. The van der Waals surface area contributed by atoms with Crippen molar-refractivity contribution in [3.63, 3.8) is 0 Å². The first-order valence-electron chi connectivity index (χ1n) is 9.19. The molecule has 0 aromatic heterocycles. The van der Waals surface area contributed by atoms with Gasteiger partial charge in [0, 0.05) is 30.5 Å². The number of carbonyl (C=O) groups is 1. The van der Waals surface area contributed by atoms with Gasteiger partial charge >= 0.3 is 0 Å². The van der Waals surface area contributed by atoms with Gasteiger partial charge in [-0.3, -0.25) is 4.79 Å². The summed E-state index contributed by atoms with van der Waals surface area (Å²) in [5, 5.41) is 6.38. The quantitative estimate of drug-likeness (QED) is 0.873. The van der Waals surface area contributed by atoms with Crippen LogP contribution in [-0.4, -0.2) is 31.6 Å². The fraction of sp³-hybridized carbons (Fsp3) is 0.632. The van der Waals surface area contributed by atoms with Gasteiger partial charge in [0.15, 0.2) is 0 Å². The molecule has 0 bridgehead atoms. The molecule has 23 heavy (non-hydrogen) atoms. The molecule has 0 radical (unpaired) electrons. The van der Waals surface area contributed by atoms with E-state index >= 15 is 0 Å². The van der Waals surface area contributed by atoms with Gasteiger partial charge in [0.1, 0.15) is 0 Å². The molecule has 1 aliphatic carbocycles. The number of rotatable bonds is 5. The van der Waals surface area contributed by atoms with E-state index in [4.69, 9.17) is 0 Å². The number of hydrogen-bond acceptors (Lipinski definition) is 3. The SMILES string of the molecule is O=C(CNC1CCCCC1)Nc1ccc(N2CCCCC2)cc1. The Morgan fingerprint density at radius 3 is 2.30 bits per heavy atom. The maximum absolute atomic E-state index is 12.1. The number of hydrogen-bond donors (Lipinski definition) is 2. The molecule has 1 aromatic rings. The number of nitrogens with one attached hydrogen (secondary N) is 2. The monoisotopic (exact) mass is 315 g/mol. The van der Waals surface area contributed by atoms with E-state index in [0.29, 0.717) is 12.6 Å². The van der Waals surface area contributed by atoms with Crippen molar-refractivity contribution in [2.45, 2.75) is 57.4 Å². The molecule has 1 heterocycles. The van der Waals surface area contributed by atoms with Crippen LogP contribution in [0.1, 0.15) is 51.4 Å². The summed E-state index contributed by atoms with van der Waals surface area (Å²) in [6.45, 7) is 2.71. The molecule has 1 aliphatic heterocycles. The third-order valence-corrected chi connectivity index (χ3v) is 5.03. The van der Waals surface area contributed by atoms with Crippen molar-refractivity contribution in [2.75, 3.05) is 29.9 Å². The topological polar surface area (TPSA) is 44.4 Å². The largest absolute Gasteiger partial charge is 0.372 e. The minimum Gasteiger partial charge on any atom is -0.372 e. The van der Waals surface area contributed by atoms with Crippen molar-refractivity contribution in [1.82, 2.24) is 5.32 Å². The van der Waals surface area contributed by atoms with Gasteiger partial charge in [-0.2, -0.15) is 0 Å². The van der Waals surface area contributed by atoms with Crippen molar-refractivity contribution >= 4 is 17.3 Å². The Balaban J connectivity index is 1.44. The van der Waals surface area contributed by atoms with Crippen molar-refractivity contribution in [3.8, 4) is 0 Å². The molecule has 4 nitrogen and oxygen atoms in total. The molecule has 2 aliphatic rings. The highest BCUT2D eigenvalue weighted by molar-refractivity contribution is 5.92. The van der Waals surface area contributed by atoms with Crippen molar-refractivity contribution < 1.29 is 4.79 Å². The summed E-state index contributed by atoms with van der Waals surface area (Å²) < 4.78 is 0. The lowest BCUT2D eigenvalue weighted by molar-refractivity contribution is -0.115. The molecule has 4 heteroatoms. The summed E-state index contributed by atoms with van der Waals surface area (Å²) in [6.07, 6.45) is 10.2. The van der Waals surface area contributed by atoms with Crippen LogP contribution in [0, 0.1) is 0 Å². The van der Waals surface area contributed by atoms with Gasteiger partial charge in [0.2, 0.25) is 5.91 Å². The van der Waals surface area contributed by atoms with E-state index in [1.165, 1.54) is 57.1 Å². The first kappa shape index (κ1) is 16.3. The van der Waals surface area contributed by atoms with E-state index in [1.807, 2.05) is 12.1 Å². The van der Waals surface area contributed by atoms with Crippen LogP contribution in [0.25, 0.3) is 0 Å². The zero-order valence-electron chi connectivity index (χ0n) is 14.0. The minimum absolute atomic E-state index is 0.0568. The fourth-order valence-electron chi connectivity index (χ4n) is 3.66. The van der Waals surface area contributed by atoms with E-state index in [-0.39, 0.29) is 5.91 Å². The van der Waals surface area contributed by atoms with Crippen LogP contribution >= 0.6 is 0 Å². The summed E-state index contributed by atoms with van der Waals surface area (Å²) in [6, 6.07) is 8.80. The Morgan fingerprint density at radius 1 is 0.957 bits per heavy atom. The lowest BCUT2D eigenvalue weighted by atomic mass is 9.95. The molecule has 0 unspecified atom stereocenters. The van der Waals surface area contributed by atoms with Gasteiger partial charge in [-0.25, -0.2) is 0 Å². The first-order chi connectivity index (χ1) is 11.3. The molecule has 1 aromatic carbocycles. The normalized spacial score (nSPS) is 19.6. The van der Waals surface area contributed by atoms with Crippen LogP contribution in [0.2, 0.25) is 0 Å². The lowest BCUT2D eigenvalue weighted by Gasteiger charge is -2.28. The summed E-state index contributed by atoms with van der Waals surface area (Å²) in [5.74, 6) is 0.0568. The summed E-state index contributed by atoms with van der Waals surface area (Å²) in [5.41, 5.74) is 2.16. The van der Waals surface area contributed by atoms with Gasteiger partial charge in [0.25, 0.3) is 0 Å². The highest BCUT2D eigenvalue weighted by Crippen LogP contribution is 2.22. The summed E-state index contributed by atoms with van der Waals surface area (Å²) in [7, 11) is 0. The number of benzene rings is 1. The van der Waals surface area contributed by atoms with E-state index in [2.05, 4.69) is 27.7 Å². The molecule has 1 amide bonds. The molecule has 126 valence electrons. The third kappa shape index (κ3) is 4.96. The average molecular weight is 315 g/mol. The number of piperidine rings is 1. The maximum Gasteiger partial charge on any atom is 0.238 e. The second kappa shape index (κ2) is 8.34. The second-order valence-electron chi connectivity index (χ2n) is 6.86. The van der Waals surface area contributed by atoms with Crippen molar-refractivity contribution in [1.29, 1.82) is 0 Å². The molecule has 1 saturated heterocycles. The summed E-state index contributed by atoms with van der Waals surface area (Å²) in [4.78, 5) is 14.5. The van der Waals surface area contributed by atoms with E-state index in [0.717, 1.165) is 18.8 Å². The molecule has 2 N–H and O–H groups in total. The van der Waals surface area contributed by atoms with Crippen LogP contribution in [0.5, 0.6) is 0 Å². The van der Waals surface area contributed by atoms with Gasteiger partial charge in [0.05, 0.1) is 6.54 Å². The maximum atomic E-state index is 12.1. The van der Waals surface area contributed by atoms with E-state index < -0.39 is 0 Å². The summed E-state index contributed by atoms with van der Waals surface area (Å²) >= 11 is 0. The van der Waals surface area contributed by atoms with Gasteiger partial charge in [-0.1, -0.05) is 19.3 Å². The second-order valence-corrected chi connectivity index (χ2v) is 6.86. The van der Waals surface area contributed by atoms with Gasteiger partial charge in [-0.05, 0) is 56.4 Å². The molecule has 0 atom stereocenters. The zero-order chi connectivity index (χ0) is 15.9. The van der Waals surface area contributed by atoms with Crippen molar-refractivity contribution in [2.24, 2.45) is 0 Å². The Bertz CT molecular complexity index is 488. The highest BCUT2D eigenvalue weighted by atomic mass is 16.1. The number of nitrogens with zero attached hydrogens (tertiary/aromatic N) is 1. The first-order valence-corrected chi connectivity index (χ1v) is 9.19.